The topological polar surface area (TPSA) is 3.24 Å². The molecule has 10 rings (SSSR count). The van der Waals surface area contributed by atoms with Crippen molar-refractivity contribution < 1.29 is 0 Å². The maximum atomic E-state index is 2.60. The Labute approximate surface area is 304 Å². The number of fused-ring (bicyclic) bond motifs is 6. The van der Waals surface area contributed by atoms with Crippen LogP contribution >= 0.6 is 0 Å². The minimum Gasteiger partial charge on any atom is -0.310 e. The summed E-state index contributed by atoms with van der Waals surface area (Å²) in [7, 11) is 0. The molecule has 1 nitrogen and oxygen atoms in total. The molecule has 1 heteroatoms. The van der Waals surface area contributed by atoms with E-state index >= 15 is 0 Å². The van der Waals surface area contributed by atoms with Crippen LogP contribution in [0.4, 0.5) is 17.1 Å². The third-order valence-electron chi connectivity index (χ3n) is 13.5. The highest BCUT2D eigenvalue weighted by Crippen LogP contribution is 2.55. The Morgan fingerprint density at radius 2 is 1.33 bits per heavy atom. The molecule has 3 saturated carbocycles. The van der Waals surface area contributed by atoms with Gasteiger partial charge in [-0.15, -0.1) is 0 Å². The second-order valence-electron chi connectivity index (χ2n) is 16.8. The standard InChI is InChI=1S/C50H49N/c1-50(2)47-18-9-8-17-43(47)46-31-45(40-22-21-35-13-6-7-14-37(35)29-40)49(32-48(46)50)51(42-16-10-15-38(30-42)34-11-4-3-5-12-34)41-25-23-36(24-26-41)44-28-33-19-20-39(44)27-33/h6-10,13-18,21-26,29-34,39,44H,3-5,11-12,19-20,27-28H2,1-2H3. The normalized spacial score (nSPS) is 21.9. The second-order valence-corrected chi connectivity index (χ2v) is 16.8. The van der Waals surface area contributed by atoms with E-state index in [1.165, 1.54) is 125 Å². The molecule has 6 aromatic carbocycles. The van der Waals surface area contributed by atoms with Crippen LogP contribution in [0.25, 0.3) is 33.0 Å². The van der Waals surface area contributed by atoms with Crippen molar-refractivity contribution in [1.82, 2.24) is 0 Å². The Morgan fingerprint density at radius 1 is 0.529 bits per heavy atom. The molecule has 0 radical (unpaired) electrons. The molecule has 6 aromatic rings. The van der Waals surface area contributed by atoms with E-state index in [2.05, 4.69) is 146 Å². The van der Waals surface area contributed by atoms with Gasteiger partial charge in [-0.3, -0.25) is 0 Å². The SMILES string of the molecule is CC1(C)c2ccccc2-c2cc(-c3ccc4ccccc4c3)c(N(c3ccc(C4CC5CCC4C5)cc3)c3cccc(C4CCCCC4)c3)cc21. The predicted octanol–water partition coefficient (Wildman–Crippen LogP) is 14.2. The Bertz CT molecular complexity index is 2250. The van der Waals surface area contributed by atoms with Gasteiger partial charge in [-0.2, -0.15) is 0 Å². The molecule has 2 bridgehead atoms. The predicted molar refractivity (Wildman–Crippen MR) is 216 cm³/mol. The van der Waals surface area contributed by atoms with Gasteiger partial charge in [-0.25, -0.2) is 0 Å². The molecular weight excluding hydrogens is 615 g/mol. The summed E-state index contributed by atoms with van der Waals surface area (Å²) in [6.07, 6.45) is 12.3. The van der Waals surface area contributed by atoms with E-state index in [4.69, 9.17) is 0 Å². The Morgan fingerprint density at radius 3 is 2.14 bits per heavy atom. The van der Waals surface area contributed by atoms with Crippen LogP contribution < -0.4 is 4.90 Å². The van der Waals surface area contributed by atoms with Crippen LogP contribution in [-0.4, -0.2) is 0 Å². The zero-order valence-corrected chi connectivity index (χ0v) is 30.2. The summed E-state index contributed by atoms with van der Waals surface area (Å²) in [4.78, 5) is 2.60. The van der Waals surface area contributed by atoms with Crippen LogP contribution in [0, 0.1) is 11.8 Å². The maximum Gasteiger partial charge on any atom is 0.0543 e. The van der Waals surface area contributed by atoms with Gasteiger partial charge in [0.1, 0.15) is 0 Å². The molecule has 0 aliphatic heterocycles. The van der Waals surface area contributed by atoms with Crippen molar-refractivity contribution >= 4 is 27.8 Å². The number of hydrogen-bond acceptors (Lipinski definition) is 1. The second kappa shape index (κ2) is 12.3. The quantitative estimate of drug-likeness (QED) is 0.171. The van der Waals surface area contributed by atoms with Crippen LogP contribution in [0.2, 0.25) is 0 Å². The van der Waals surface area contributed by atoms with E-state index in [0.717, 1.165) is 17.8 Å². The van der Waals surface area contributed by atoms with Crippen molar-refractivity contribution in [2.45, 2.75) is 88.9 Å². The largest absolute Gasteiger partial charge is 0.310 e. The molecule has 4 aliphatic carbocycles. The number of nitrogens with zero attached hydrogens (tertiary/aromatic N) is 1. The summed E-state index contributed by atoms with van der Waals surface area (Å²) in [5.41, 5.74) is 14.8. The van der Waals surface area contributed by atoms with Crippen LogP contribution in [0.5, 0.6) is 0 Å². The number of anilines is 3. The van der Waals surface area contributed by atoms with Crippen LogP contribution in [0.15, 0.2) is 127 Å². The van der Waals surface area contributed by atoms with E-state index in [1.54, 1.807) is 5.56 Å². The molecule has 3 unspecified atom stereocenters. The molecule has 254 valence electrons. The van der Waals surface area contributed by atoms with E-state index < -0.39 is 0 Å². The third kappa shape index (κ3) is 5.26. The minimum atomic E-state index is -0.0934. The molecule has 0 spiro atoms. The summed E-state index contributed by atoms with van der Waals surface area (Å²) in [6, 6.07) is 49.4. The molecule has 0 amide bonds. The first-order valence-electron chi connectivity index (χ1n) is 19.8. The first kappa shape index (κ1) is 31.1. The van der Waals surface area contributed by atoms with Crippen molar-refractivity contribution in [3.63, 3.8) is 0 Å². The van der Waals surface area contributed by atoms with Crippen LogP contribution in [0.3, 0.4) is 0 Å². The zero-order valence-electron chi connectivity index (χ0n) is 30.2. The van der Waals surface area contributed by atoms with Gasteiger partial charge in [0.05, 0.1) is 5.69 Å². The molecule has 0 saturated heterocycles. The smallest absolute Gasteiger partial charge is 0.0543 e. The average molecular weight is 664 g/mol. The fourth-order valence-corrected chi connectivity index (χ4v) is 10.8. The van der Waals surface area contributed by atoms with Crippen molar-refractivity contribution in [2.75, 3.05) is 4.90 Å². The van der Waals surface area contributed by atoms with Crippen LogP contribution in [0.1, 0.15) is 106 Å². The summed E-state index contributed by atoms with van der Waals surface area (Å²) in [6.45, 7) is 4.82. The molecule has 3 atom stereocenters. The fourth-order valence-electron chi connectivity index (χ4n) is 10.8. The van der Waals surface area contributed by atoms with Crippen LogP contribution in [-0.2, 0) is 5.41 Å². The van der Waals surface area contributed by atoms with Crippen molar-refractivity contribution in [1.29, 1.82) is 0 Å². The van der Waals surface area contributed by atoms with Crippen molar-refractivity contribution in [3.05, 3.63) is 150 Å². The first-order chi connectivity index (χ1) is 25.0. The van der Waals surface area contributed by atoms with Gasteiger partial charge in [0.2, 0.25) is 0 Å². The van der Waals surface area contributed by atoms with Gasteiger partial charge >= 0.3 is 0 Å². The lowest BCUT2D eigenvalue weighted by Gasteiger charge is -2.32. The summed E-state index contributed by atoms with van der Waals surface area (Å²) in [5, 5.41) is 2.56. The van der Waals surface area contributed by atoms with Gasteiger partial charge in [-0.05, 0) is 148 Å². The molecule has 0 N–H and O–H groups in total. The van der Waals surface area contributed by atoms with Gasteiger partial charge in [0.25, 0.3) is 0 Å². The lowest BCUT2D eigenvalue weighted by Crippen LogP contribution is -2.17. The monoisotopic (exact) mass is 663 g/mol. The Kier molecular flexibility index (Phi) is 7.49. The summed E-state index contributed by atoms with van der Waals surface area (Å²) in [5.74, 6) is 3.20. The highest BCUT2D eigenvalue weighted by molar-refractivity contribution is 5.97. The van der Waals surface area contributed by atoms with Crippen molar-refractivity contribution in [3.8, 4) is 22.3 Å². The molecular formula is C50H49N. The number of rotatable bonds is 6. The maximum absolute atomic E-state index is 2.60. The number of benzene rings is 6. The lowest BCUT2D eigenvalue weighted by molar-refractivity contribution is 0.420. The fraction of sp³-hybridized carbons (Fsp3) is 0.320. The minimum absolute atomic E-state index is 0.0934. The summed E-state index contributed by atoms with van der Waals surface area (Å²) < 4.78 is 0. The molecule has 0 heterocycles. The molecule has 4 aliphatic rings. The highest BCUT2D eigenvalue weighted by atomic mass is 15.1. The van der Waals surface area contributed by atoms with Gasteiger partial charge in [-0.1, -0.05) is 124 Å². The van der Waals surface area contributed by atoms with E-state index in [-0.39, 0.29) is 5.41 Å². The van der Waals surface area contributed by atoms with E-state index in [0.29, 0.717) is 5.92 Å². The van der Waals surface area contributed by atoms with E-state index in [1.807, 2.05) is 0 Å². The highest BCUT2D eigenvalue weighted by Gasteiger charge is 2.40. The Hall–Kier alpha value is -4.62. The first-order valence-corrected chi connectivity index (χ1v) is 19.8. The number of hydrogen-bond donors (Lipinski definition) is 0. The van der Waals surface area contributed by atoms with Crippen molar-refractivity contribution in [2.24, 2.45) is 11.8 Å². The van der Waals surface area contributed by atoms with Gasteiger partial charge in [0.15, 0.2) is 0 Å². The lowest BCUT2D eigenvalue weighted by atomic mass is 9.81. The summed E-state index contributed by atoms with van der Waals surface area (Å²) >= 11 is 0. The van der Waals surface area contributed by atoms with E-state index in [9.17, 15) is 0 Å². The van der Waals surface area contributed by atoms with Gasteiger partial charge in [0, 0.05) is 22.4 Å². The zero-order chi connectivity index (χ0) is 34.1. The molecule has 3 fully saturated rings. The Balaban J connectivity index is 1.19. The third-order valence-corrected chi connectivity index (χ3v) is 13.5. The van der Waals surface area contributed by atoms with Gasteiger partial charge < -0.3 is 4.90 Å². The average Bonchev–Trinajstić information content (AvgIpc) is 3.88. The molecule has 51 heavy (non-hydrogen) atoms. The molecule has 0 aromatic heterocycles.